The third-order valence-electron chi connectivity index (χ3n) is 3.21. The Morgan fingerprint density at radius 2 is 1.95 bits per heavy atom. The molecule has 1 aliphatic heterocycles. The van der Waals surface area contributed by atoms with Gasteiger partial charge in [0.15, 0.2) is 16.4 Å². The zero-order chi connectivity index (χ0) is 16.2. The van der Waals surface area contributed by atoms with E-state index in [0.717, 1.165) is 0 Å². The molecule has 1 saturated heterocycles. The molecule has 1 atom stereocenters. The van der Waals surface area contributed by atoms with Crippen LogP contribution in [0.15, 0.2) is 24.3 Å². The van der Waals surface area contributed by atoms with E-state index in [2.05, 4.69) is 5.32 Å². The molecule has 2 rings (SSSR count). The number of sulfone groups is 1. The normalized spacial score (nSPS) is 19.4. The summed E-state index contributed by atoms with van der Waals surface area (Å²) in [6.45, 7) is -0.481. The molecule has 0 aromatic heterocycles. The number of hydrogen-bond donors (Lipinski definition) is 1. The molecule has 22 heavy (non-hydrogen) atoms. The van der Waals surface area contributed by atoms with Gasteiger partial charge in [0.25, 0.3) is 5.91 Å². The zero-order valence-corrected chi connectivity index (χ0v) is 12.5. The third kappa shape index (κ3) is 4.39. The molecular weight excluding hydrogens is 310 g/mol. The van der Waals surface area contributed by atoms with Crippen LogP contribution in [0.4, 0.5) is 0 Å². The highest BCUT2D eigenvalue weighted by molar-refractivity contribution is 7.91. The lowest BCUT2D eigenvalue weighted by atomic mass is 10.1. The lowest BCUT2D eigenvalue weighted by molar-refractivity contribution is -0.124. The van der Waals surface area contributed by atoms with Crippen molar-refractivity contribution in [1.82, 2.24) is 5.32 Å². The molecule has 1 heterocycles. The molecule has 1 amide bonds. The number of esters is 1. The predicted molar refractivity (Wildman–Crippen MR) is 77.3 cm³/mol. The first-order valence-corrected chi connectivity index (χ1v) is 8.44. The van der Waals surface area contributed by atoms with Gasteiger partial charge in [0, 0.05) is 11.6 Å². The number of hydrogen-bond acceptors (Lipinski definition) is 6. The van der Waals surface area contributed by atoms with Crippen molar-refractivity contribution in [2.75, 3.05) is 18.1 Å². The summed E-state index contributed by atoms with van der Waals surface area (Å²) < 4.78 is 27.4. The SMILES string of the molecule is O=Cc1ccc(C(=O)OCC(=O)N[C@H]2CCS(=O)(=O)C2)cc1. The van der Waals surface area contributed by atoms with Crippen molar-refractivity contribution in [2.24, 2.45) is 0 Å². The van der Waals surface area contributed by atoms with Gasteiger partial charge in [0.05, 0.1) is 17.1 Å². The highest BCUT2D eigenvalue weighted by Crippen LogP contribution is 2.11. The second kappa shape index (κ2) is 6.69. The Labute approximate surface area is 127 Å². The fraction of sp³-hybridized carbons (Fsp3) is 0.357. The van der Waals surface area contributed by atoms with Crippen LogP contribution in [-0.4, -0.2) is 50.7 Å². The standard InChI is InChI=1S/C14H15NO6S/c16-7-10-1-3-11(4-2-10)14(18)21-8-13(17)15-12-5-6-22(19,20)9-12/h1-4,7,12H,5-6,8-9H2,(H,15,17)/t12-/m0/s1. The fourth-order valence-corrected chi connectivity index (χ4v) is 3.76. The topological polar surface area (TPSA) is 107 Å². The number of carbonyl (C=O) groups excluding carboxylic acids is 3. The number of amides is 1. The highest BCUT2D eigenvalue weighted by atomic mass is 32.2. The molecule has 8 heteroatoms. The molecule has 1 fully saturated rings. The lowest BCUT2D eigenvalue weighted by Crippen LogP contribution is -2.38. The number of carbonyl (C=O) groups is 3. The van der Waals surface area contributed by atoms with Gasteiger partial charge in [-0.3, -0.25) is 9.59 Å². The van der Waals surface area contributed by atoms with Gasteiger partial charge in [0.2, 0.25) is 0 Å². The Kier molecular flexibility index (Phi) is 4.92. The fourth-order valence-electron chi connectivity index (χ4n) is 2.09. The van der Waals surface area contributed by atoms with Crippen molar-refractivity contribution >= 4 is 28.0 Å². The summed E-state index contributed by atoms with van der Waals surface area (Å²) in [4.78, 5) is 33.8. The van der Waals surface area contributed by atoms with E-state index >= 15 is 0 Å². The molecule has 1 aliphatic rings. The Morgan fingerprint density at radius 3 is 2.50 bits per heavy atom. The van der Waals surface area contributed by atoms with Crippen LogP contribution < -0.4 is 5.32 Å². The number of nitrogens with one attached hydrogen (secondary N) is 1. The summed E-state index contributed by atoms with van der Waals surface area (Å²) in [5.41, 5.74) is 0.651. The Morgan fingerprint density at radius 1 is 1.27 bits per heavy atom. The predicted octanol–water partition coefficient (Wildman–Crippen LogP) is -0.0408. The van der Waals surface area contributed by atoms with Gasteiger partial charge in [-0.25, -0.2) is 13.2 Å². The average Bonchev–Trinajstić information content (AvgIpc) is 2.83. The summed E-state index contributed by atoms with van der Waals surface area (Å²) in [5, 5.41) is 2.52. The summed E-state index contributed by atoms with van der Waals surface area (Å²) in [6.07, 6.45) is 1.02. The van der Waals surface area contributed by atoms with E-state index in [1.165, 1.54) is 24.3 Å². The maximum Gasteiger partial charge on any atom is 0.338 e. The van der Waals surface area contributed by atoms with Crippen LogP contribution in [0.1, 0.15) is 27.1 Å². The van der Waals surface area contributed by atoms with Crippen LogP contribution in [0.2, 0.25) is 0 Å². The van der Waals surface area contributed by atoms with E-state index in [4.69, 9.17) is 4.74 Å². The van der Waals surface area contributed by atoms with Gasteiger partial charge in [-0.15, -0.1) is 0 Å². The minimum Gasteiger partial charge on any atom is -0.452 e. The molecule has 1 aromatic carbocycles. The molecule has 0 spiro atoms. The first kappa shape index (κ1) is 16.2. The zero-order valence-electron chi connectivity index (χ0n) is 11.7. The highest BCUT2D eigenvalue weighted by Gasteiger charge is 2.29. The maximum absolute atomic E-state index is 11.7. The van der Waals surface area contributed by atoms with Gasteiger partial charge in [-0.05, 0) is 18.6 Å². The molecule has 1 aromatic rings. The van der Waals surface area contributed by atoms with E-state index in [-0.39, 0.29) is 17.1 Å². The molecule has 7 nitrogen and oxygen atoms in total. The minimum absolute atomic E-state index is 0.0564. The van der Waals surface area contributed by atoms with Crippen molar-refractivity contribution in [2.45, 2.75) is 12.5 Å². The first-order chi connectivity index (χ1) is 10.4. The van der Waals surface area contributed by atoms with E-state index < -0.39 is 34.4 Å². The molecule has 0 radical (unpaired) electrons. The van der Waals surface area contributed by atoms with Crippen LogP contribution in [0.5, 0.6) is 0 Å². The second-order valence-electron chi connectivity index (χ2n) is 4.98. The van der Waals surface area contributed by atoms with E-state index in [1.807, 2.05) is 0 Å². The maximum atomic E-state index is 11.7. The summed E-state index contributed by atoms with van der Waals surface area (Å²) in [5.74, 6) is -1.26. The monoisotopic (exact) mass is 325 g/mol. The Hall–Kier alpha value is -2.22. The third-order valence-corrected chi connectivity index (χ3v) is 4.98. The molecule has 0 unspecified atom stereocenters. The largest absolute Gasteiger partial charge is 0.452 e. The van der Waals surface area contributed by atoms with Crippen molar-refractivity contribution in [3.63, 3.8) is 0 Å². The lowest BCUT2D eigenvalue weighted by Gasteiger charge is -2.11. The minimum atomic E-state index is -3.07. The molecule has 0 bridgehead atoms. The summed E-state index contributed by atoms with van der Waals surface area (Å²) in [6, 6.07) is 5.35. The Bertz CT molecular complexity index is 680. The van der Waals surface area contributed by atoms with Crippen LogP contribution in [0.3, 0.4) is 0 Å². The molecule has 1 N–H and O–H groups in total. The number of benzene rings is 1. The van der Waals surface area contributed by atoms with E-state index in [1.54, 1.807) is 0 Å². The van der Waals surface area contributed by atoms with Crippen LogP contribution >= 0.6 is 0 Å². The quantitative estimate of drug-likeness (QED) is 0.601. The van der Waals surface area contributed by atoms with Crippen molar-refractivity contribution in [3.8, 4) is 0 Å². The number of ether oxygens (including phenoxy) is 1. The number of rotatable bonds is 5. The second-order valence-corrected chi connectivity index (χ2v) is 7.21. The molecule has 0 aliphatic carbocycles. The van der Waals surface area contributed by atoms with Gasteiger partial charge in [-0.2, -0.15) is 0 Å². The number of aldehydes is 1. The molecular formula is C14H15NO6S. The van der Waals surface area contributed by atoms with Crippen LogP contribution in [0.25, 0.3) is 0 Å². The van der Waals surface area contributed by atoms with Crippen molar-refractivity contribution in [3.05, 3.63) is 35.4 Å². The van der Waals surface area contributed by atoms with Gasteiger partial charge in [0.1, 0.15) is 6.29 Å². The van der Waals surface area contributed by atoms with Gasteiger partial charge < -0.3 is 10.1 Å². The van der Waals surface area contributed by atoms with E-state index in [9.17, 15) is 22.8 Å². The van der Waals surface area contributed by atoms with Gasteiger partial charge in [-0.1, -0.05) is 12.1 Å². The molecule has 118 valence electrons. The average molecular weight is 325 g/mol. The van der Waals surface area contributed by atoms with Crippen LogP contribution in [0, 0.1) is 0 Å². The first-order valence-electron chi connectivity index (χ1n) is 6.62. The summed E-state index contributed by atoms with van der Waals surface area (Å²) in [7, 11) is -3.07. The molecule has 0 saturated carbocycles. The summed E-state index contributed by atoms with van der Waals surface area (Å²) >= 11 is 0. The van der Waals surface area contributed by atoms with Gasteiger partial charge >= 0.3 is 5.97 Å². The van der Waals surface area contributed by atoms with Crippen molar-refractivity contribution < 1.29 is 27.5 Å². The van der Waals surface area contributed by atoms with Crippen molar-refractivity contribution in [1.29, 1.82) is 0 Å². The van der Waals surface area contributed by atoms with E-state index in [0.29, 0.717) is 18.3 Å². The Balaban J connectivity index is 1.80. The van der Waals surface area contributed by atoms with Crippen LogP contribution in [-0.2, 0) is 19.4 Å². The smallest absolute Gasteiger partial charge is 0.338 e.